The lowest BCUT2D eigenvalue weighted by atomic mass is 10.1. The van der Waals surface area contributed by atoms with Crippen molar-refractivity contribution in [2.45, 2.75) is 30.2 Å². The zero-order valence-electron chi connectivity index (χ0n) is 14.7. The Morgan fingerprint density at radius 1 is 1.29 bits per heavy atom. The standard InChI is InChI=1S/C18H16F3IN4O2/c1-9-7-13(25-17(24-9)26-15(27)10-5-6-10)16(28)23-8-11-3-2-4-12(14(11)19)18(20,21)22/h2-4,7,10H,5-6,8H2,1H3,(H,23,28)(H,24,25,26,27). The number of alkyl halides is 3. The minimum absolute atomic E-state index is 0.0137. The fourth-order valence-electron chi connectivity index (χ4n) is 2.50. The second-order valence-corrected chi connectivity index (χ2v) is 7.80. The maximum atomic E-state index is 14.3. The van der Waals surface area contributed by atoms with Crippen molar-refractivity contribution in [2.75, 3.05) is 5.32 Å². The molecule has 0 bridgehead atoms. The van der Waals surface area contributed by atoms with Crippen molar-refractivity contribution in [1.82, 2.24) is 15.3 Å². The lowest BCUT2D eigenvalue weighted by molar-refractivity contribution is -0.117. The fourth-order valence-corrected chi connectivity index (χ4v) is 2.92. The molecule has 1 saturated carbocycles. The highest BCUT2D eigenvalue weighted by Crippen LogP contribution is 2.37. The number of amides is 2. The van der Waals surface area contributed by atoms with Crippen LogP contribution in [0.25, 0.3) is 0 Å². The van der Waals surface area contributed by atoms with E-state index in [1.807, 2.05) is 0 Å². The first kappa shape index (κ1) is 20.5. The Bertz CT molecular complexity index is 930. The third-order valence-corrected chi connectivity index (χ3v) is 4.67. The van der Waals surface area contributed by atoms with Gasteiger partial charge in [0, 0.05) is 46.3 Å². The van der Waals surface area contributed by atoms with E-state index in [4.69, 9.17) is 0 Å². The van der Waals surface area contributed by atoms with Crippen LogP contribution in [-0.2, 0) is 15.3 Å². The van der Waals surface area contributed by atoms with Crippen LogP contribution < -0.4 is 10.6 Å². The van der Waals surface area contributed by atoms with E-state index in [0.29, 0.717) is 5.69 Å². The molecule has 1 aromatic heterocycles. The van der Waals surface area contributed by atoms with Crippen LogP contribution >= 0.6 is 22.6 Å². The topological polar surface area (TPSA) is 84.0 Å². The van der Waals surface area contributed by atoms with Gasteiger partial charge in [0.1, 0.15) is 11.5 Å². The Morgan fingerprint density at radius 3 is 2.64 bits per heavy atom. The summed E-state index contributed by atoms with van der Waals surface area (Å²) in [5.74, 6) is -1.94. The summed E-state index contributed by atoms with van der Waals surface area (Å²) in [4.78, 5) is 32.3. The van der Waals surface area contributed by atoms with E-state index < -0.39 is 21.2 Å². The molecule has 3 rings (SSSR count). The molecule has 2 amide bonds. The van der Waals surface area contributed by atoms with Crippen LogP contribution in [-0.4, -0.2) is 21.8 Å². The minimum atomic E-state index is -3.36. The lowest BCUT2D eigenvalue weighted by Gasteiger charge is -2.13. The van der Waals surface area contributed by atoms with Gasteiger partial charge in [-0.25, -0.2) is 14.4 Å². The Kier molecular flexibility index (Phi) is 5.87. The Morgan fingerprint density at radius 2 is 2.00 bits per heavy atom. The second kappa shape index (κ2) is 8.02. The van der Waals surface area contributed by atoms with E-state index in [-0.39, 0.29) is 35.6 Å². The molecule has 6 nitrogen and oxygen atoms in total. The number of nitrogens with zero attached hydrogens (tertiary/aromatic N) is 2. The van der Waals surface area contributed by atoms with Crippen LogP contribution in [0.5, 0.6) is 0 Å². The highest BCUT2D eigenvalue weighted by molar-refractivity contribution is 14.1. The number of aromatic nitrogens is 2. The first-order valence-electron chi connectivity index (χ1n) is 8.44. The zero-order valence-corrected chi connectivity index (χ0v) is 16.9. The van der Waals surface area contributed by atoms with Gasteiger partial charge in [-0.15, -0.1) is 0 Å². The molecule has 1 aromatic carbocycles. The molecule has 28 heavy (non-hydrogen) atoms. The van der Waals surface area contributed by atoms with Crippen molar-refractivity contribution in [3.05, 3.63) is 52.6 Å². The van der Waals surface area contributed by atoms with E-state index in [1.165, 1.54) is 18.2 Å². The minimum Gasteiger partial charge on any atom is -0.347 e. The lowest BCUT2D eigenvalue weighted by Crippen LogP contribution is -2.26. The number of carbonyl (C=O) groups excluding carboxylic acids is 2. The third kappa shape index (κ3) is 4.97. The molecule has 1 aliphatic rings. The van der Waals surface area contributed by atoms with Gasteiger partial charge >= 0.3 is 3.93 Å². The van der Waals surface area contributed by atoms with E-state index in [0.717, 1.165) is 41.5 Å². The Labute approximate surface area is 172 Å². The van der Waals surface area contributed by atoms with Gasteiger partial charge < -0.3 is 5.32 Å². The van der Waals surface area contributed by atoms with Gasteiger partial charge in [0.25, 0.3) is 5.91 Å². The normalized spacial score (nSPS) is 13.9. The molecule has 2 aromatic rings. The van der Waals surface area contributed by atoms with Gasteiger partial charge in [-0.2, -0.15) is 8.78 Å². The van der Waals surface area contributed by atoms with Gasteiger partial charge in [-0.3, -0.25) is 14.9 Å². The molecule has 0 atom stereocenters. The number of halogens is 4. The summed E-state index contributed by atoms with van der Waals surface area (Å²) in [6.45, 7) is 1.34. The summed E-state index contributed by atoms with van der Waals surface area (Å²) < 4.78 is 37.7. The van der Waals surface area contributed by atoms with Crippen molar-refractivity contribution in [2.24, 2.45) is 5.92 Å². The van der Waals surface area contributed by atoms with Crippen LogP contribution in [0.4, 0.5) is 19.1 Å². The maximum absolute atomic E-state index is 14.3. The van der Waals surface area contributed by atoms with Crippen molar-refractivity contribution < 1.29 is 22.8 Å². The highest BCUT2D eigenvalue weighted by Gasteiger charge is 2.32. The SMILES string of the molecule is Cc1cc(C(=O)NCc2cccc(C(F)(F)I)c2F)nc(NC(=O)C2CC2)n1. The number of nitrogens with one attached hydrogen (secondary N) is 2. The molecule has 10 heteroatoms. The summed E-state index contributed by atoms with van der Waals surface area (Å²) in [5.41, 5.74) is -0.378. The molecular weight excluding hydrogens is 488 g/mol. The fraction of sp³-hybridized carbons (Fsp3) is 0.333. The van der Waals surface area contributed by atoms with Crippen LogP contribution in [0.3, 0.4) is 0 Å². The second-order valence-electron chi connectivity index (χ2n) is 6.44. The third-order valence-electron chi connectivity index (χ3n) is 4.09. The largest absolute Gasteiger partial charge is 0.347 e. The van der Waals surface area contributed by atoms with Gasteiger partial charge in [0.15, 0.2) is 0 Å². The molecule has 0 spiro atoms. The molecule has 1 fully saturated rings. The molecule has 0 aliphatic heterocycles. The first-order chi connectivity index (χ1) is 13.1. The average molecular weight is 504 g/mol. The summed E-state index contributed by atoms with van der Waals surface area (Å²) in [7, 11) is 0. The number of anilines is 1. The summed E-state index contributed by atoms with van der Waals surface area (Å²) in [6, 6.07) is 5.02. The van der Waals surface area contributed by atoms with Crippen molar-refractivity contribution in [3.63, 3.8) is 0 Å². The number of benzene rings is 1. The number of carbonyl (C=O) groups is 2. The van der Waals surface area contributed by atoms with Crippen molar-refractivity contribution in [3.8, 4) is 0 Å². The summed E-state index contributed by atoms with van der Waals surface area (Å²) in [5, 5.41) is 5.01. The van der Waals surface area contributed by atoms with Crippen molar-refractivity contribution in [1.29, 1.82) is 0 Å². The summed E-state index contributed by atoms with van der Waals surface area (Å²) in [6.07, 6.45) is 1.62. The van der Waals surface area contributed by atoms with Gasteiger partial charge in [0.05, 0.1) is 5.56 Å². The van der Waals surface area contributed by atoms with Gasteiger partial charge in [-0.1, -0.05) is 12.1 Å². The molecule has 1 heterocycles. The number of rotatable bonds is 6. The molecule has 148 valence electrons. The maximum Gasteiger partial charge on any atom is 0.324 e. The highest BCUT2D eigenvalue weighted by atomic mass is 127. The Balaban J connectivity index is 1.71. The molecule has 0 saturated heterocycles. The van der Waals surface area contributed by atoms with Gasteiger partial charge in [-0.05, 0) is 31.9 Å². The predicted molar refractivity (Wildman–Crippen MR) is 104 cm³/mol. The quantitative estimate of drug-likeness (QED) is 0.465. The summed E-state index contributed by atoms with van der Waals surface area (Å²) >= 11 is 0.849. The number of hydrogen-bond acceptors (Lipinski definition) is 4. The van der Waals surface area contributed by atoms with E-state index in [1.54, 1.807) is 6.92 Å². The Hall–Kier alpha value is -2.24. The molecule has 0 radical (unpaired) electrons. The average Bonchev–Trinajstić information content (AvgIpc) is 3.44. The van der Waals surface area contributed by atoms with Crippen molar-refractivity contribution >= 4 is 40.4 Å². The van der Waals surface area contributed by atoms with E-state index in [2.05, 4.69) is 20.6 Å². The molecule has 2 N–H and O–H groups in total. The van der Waals surface area contributed by atoms with E-state index >= 15 is 0 Å². The van der Waals surface area contributed by atoms with Crippen LogP contribution in [0, 0.1) is 18.7 Å². The zero-order chi connectivity index (χ0) is 20.5. The van der Waals surface area contributed by atoms with Crippen LogP contribution in [0.2, 0.25) is 0 Å². The number of hydrogen-bond donors (Lipinski definition) is 2. The van der Waals surface area contributed by atoms with Crippen LogP contribution in [0.1, 0.15) is 40.2 Å². The van der Waals surface area contributed by atoms with Crippen LogP contribution in [0.15, 0.2) is 24.3 Å². The van der Waals surface area contributed by atoms with Gasteiger partial charge in [0.2, 0.25) is 11.9 Å². The first-order valence-corrected chi connectivity index (χ1v) is 9.52. The molecular formula is C18H16F3IN4O2. The molecule has 0 unspecified atom stereocenters. The monoisotopic (exact) mass is 504 g/mol. The molecule has 1 aliphatic carbocycles. The predicted octanol–water partition coefficient (Wildman–Crippen LogP) is 3.69. The number of aryl methyl sites for hydroxylation is 1. The van der Waals surface area contributed by atoms with E-state index in [9.17, 15) is 22.8 Å². The smallest absolute Gasteiger partial charge is 0.324 e.